The quantitative estimate of drug-likeness (QED) is 0.879. The number of carboxylic acids is 1. The van der Waals surface area contributed by atoms with Gasteiger partial charge in [-0.1, -0.05) is 0 Å². The Labute approximate surface area is 104 Å². The molecule has 0 aromatic heterocycles. The van der Waals surface area contributed by atoms with E-state index in [9.17, 15) is 13.6 Å². The number of rotatable bonds is 5. The Kier molecular flexibility index (Phi) is 3.50. The second-order valence-electron chi connectivity index (χ2n) is 4.55. The lowest BCUT2D eigenvalue weighted by atomic mass is 10.1. The molecule has 3 nitrogen and oxygen atoms in total. The molecule has 1 fully saturated rings. The van der Waals surface area contributed by atoms with Gasteiger partial charge in [-0.05, 0) is 37.8 Å². The monoisotopic (exact) mass is 255 g/mol. The molecule has 0 bridgehead atoms. The van der Waals surface area contributed by atoms with Crippen molar-refractivity contribution in [3.05, 3.63) is 29.3 Å². The number of hydrogen-bond acceptors (Lipinski definition) is 2. The molecule has 1 aromatic rings. The Morgan fingerprint density at radius 1 is 1.39 bits per heavy atom. The molecule has 1 aliphatic rings. The SMILES string of the molecule is CCN(CC1CC1)c1ccc(C(=O)O)c(F)c1F. The van der Waals surface area contributed by atoms with Crippen LogP contribution in [0.3, 0.4) is 0 Å². The molecule has 0 amide bonds. The van der Waals surface area contributed by atoms with Crippen molar-refractivity contribution < 1.29 is 18.7 Å². The summed E-state index contributed by atoms with van der Waals surface area (Å²) in [5, 5.41) is 8.71. The highest BCUT2D eigenvalue weighted by Crippen LogP contribution is 2.32. The Hall–Kier alpha value is -1.65. The fourth-order valence-corrected chi connectivity index (χ4v) is 1.96. The molecule has 18 heavy (non-hydrogen) atoms. The van der Waals surface area contributed by atoms with Crippen molar-refractivity contribution >= 4 is 11.7 Å². The molecule has 98 valence electrons. The average molecular weight is 255 g/mol. The highest BCUT2D eigenvalue weighted by molar-refractivity contribution is 5.88. The van der Waals surface area contributed by atoms with E-state index >= 15 is 0 Å². The van der Waals surface area contributed by atoms with Crippen molar-refractivity contribution in [2.45, 2.75) is 19.8 Å². The predicted octanol–water partition coefficient (Wildman–Crippen LogP) is 2.90. The first-order chi connectivity index (χ1) is 8.54. The van der Waals surface area contributed by atoms with Gasteiger partial charge in [0.1, 0.15) is 0 Å². The fourth-order valence-electron chi connectivity index (χ4n) is 1.96. The minimum absolute atomic E-state index is 0.145. The summed E-state index contributed by atoms with van der Waals surface area (Å²) in [6, 6.07) is 2.46. The zero-order valence-corrected chi connectivity index (χ0v) is 10.1. The van der Waals surface area contributed by atoms with Gasteiger partial charge in [-0.25, -0.2) is 13.6 Å². The largest absolute Gasteiger partial charge is 0.478 e. The molecule has 1 N–H and O–H groups in total. The van der Waals surface area contributed by atoms with Gasteiger partial charge in [0, 0.05) is 13.1 Å². The van der Waals surface area contributed by atoms with E-state index in [4.69, 9.17) is 5.11 Å². The number of benzene rings is 1. The number of carboxylic acid groups (broad SMARTS) is 1. The van der Waals surface area contributed by atoms with Crippen molar-refractivity contribution in [1.82, 2.24) is 0 Å². The van der Waals surface area contributed by atoms with E-state index in [1.807, 2.05) is 6.92 Å². The number of nitrogens with zero attached hydrogens (tertiary/aromatic N) is 1. The van der Waals surface area contributed by atoms with Crippen LogP contribution in [0.2, 0.25) is 0 Å². The van der Waals surface area contributed by atoms with Gasteiger partial charge in [0.15, 0.2) is 11.6 Å². The predicted molar refractivity (Wildman–Crippen MR) is 63.9 cm³/mol. The second-order valence-corrected chi connectivity index (χ2v) is 4.55. The number of hydrogen-bond donors (Lipinski definition) is 1. The van der Waals surface area contributed by atoms with E-state index in [0.717, 1.165) is 18.9 Å². The Morgan fingerprint density at radius 2 is 2.06 bits per heavy atom. The van der Waals surface area contributed by atoms with Gasteiger partial charge in [-0.3, -0.25) is 0 Å². The summed E-state index contributed by atoms with van der Waals surface area (Å²) in [6.45, 7) is 3.13. The third-order valence-corrected chi connectivity index (χ3v) is 3.19. The third kappa shape index (κ3) is 2.44. The van der Waals surface area contributed by atoms with Crippen molar-refractivity contribution in [2.24, 2.45) is 5.92 Å². The first kappa shape index (κ1) is 12.8. The van der Waals surface area contributed by atoms with Gasteiger partial charge in [-0.15, -0.1) is 0 Å². The molecule has 0 atom stereocenters. The maximum absolute atomic E-state index is 13.9. The summed E-state index contributed by atoms with van der Waals surface area (Å²) in [6.07, 6.45) is 2.24. The Balaban J connectivity index is 2.31. The minimum atomic E-state index is -1.46. The maximum Gasteiger partial charge on any atom is 0.338 e. The van der Waals surface area contributed by atoms with Crippen LogP contribution in [-0.4, -0.2) is 24.2 Å². The molecular weight excluding hydrogens is 240 g/mol. The van der Waals surface area contributed by atoms with Crippen LogP contribution in [0, 0.1) is 17.6 Å². The van der Waals surface area contributed by atoms with E-state index < -0.39 is 23.2 Å². The van der Waals surface area contributed by atoms with Crippen molar-refractivity contribution in [1.29, 1.82) is 0 Å². The molecule has 0 radical (unpaired) electrons. The summed E-state index contributed by atoms with van der Waals surface area (Å²) in [7, 11) is 0. The molecule has 0 aliphatic heterocycles. The number of carbonyl (C=O) groups is 1. The lowest BCUT2D eigenvalue weighted by Crippen LogP contribution is -2.26. The molecule has 0 unspecified atom stereocenters. The minimum Gasteiger partial charge on any atom is -0.478 e. The smallest absolute Gasteiger partial charge is 0.338 e. The van der Waals surface area contributed by atoms with E-state index in [1.54, 1.807) is 4.90 Å². The summed E-state index contributed by atoms with van der Waals surface area (Å²) >= 11 is 0. The standard InChI is InChI=1S/C13H15F2NO2/c1-2-16(7-8-3-4-8)10-6-5-9(13(17)18)11(14)12(10)15/h5-6,8H,2-4,7H2,1H3,(H,17,18). The van der Waals surface area contributed by atoms with Gasteiger partial charge in [0.2, 0.25) is 0 Å². The van der Waals surface area contributed by atoms with E-state index in [0.29, 0.717) is 19.0 Å². The van der Waals surface area contributed by atoms with Crippen LogP contribution < -0.4 is 4.90 Å². The fraction of sp³-hybridized carbons (Fsp3) is 0.462. The molecule has 5 heteroatoms. The van der Waals surface area contributed by atoms with Gasteiger partial charge in [0.25, 0.3) is 0 Å². The van der Waals surface area contributed by atoms with Gasteiger partial charge < -0.3 is 10.0 Å². The molecule has 1 saturated carbocycles. The summed E-state index contributed by atoms with van der Waals surface area (Å²) in [5.41, 5.74) is -0.481. The molecule has 0 heterocycles. The zero-order chi connectivity index (χ0) is 13.3. The molecule has 0 saturated heterocycles. The van der Waals surface area contributed by atoms with Gasteiger partial charge in [0.05, 0.1) is 11.3 Å². The van der Waals surface area contributed by atoms with Crippen LogP contribution in [0.25, 0.3) is 0 Å². The molecule has 1 aliphatic carbocycles. The average Bonchev–Trinajstić information content (AvgIpc) is 3.13. The van der Waals surface area contributed by atoms with Crippen LogP contribution in [-0.2, 0) is 0 Å². The number of anilines is 1. The second kappa shape index (κ2) is 4.92. The summed E-state index contributed by atoms with van der Waals surface area (Å²) < 4.78 is 27.4. The van der Waals surface area contributed by atoms with Gasteiger partial charge in [-0.2, -0.15) is 0 Å². The van der Waals surface area contributed by atoms with Crippen LogP contribution >= 0.6 is 0 Å². The zero-order valence-electron chi connectivity index (χ0n) is 10.1. The molecular formula is C13H15F2NO2. The first-order valence-electron chi connectivity index (χ1n) is 6.00. The summed E-state index contributed by atoms with van der Waals surface area (Å²) in [4.78, 5) is 12.4. The highest BCUT2D eigenvalue weighted by Gasteiger charge is 2.26. The van der Waals surface area contributed by atoms with Crippen molar-refractivity contribution in [3.8, 4) is 0 Å². The van der Waals surface area contributed by atoms with Gasteiger partial charge >= 0.3 is 5.97 Å². The maximum atomic E-state index is 13.9. The first-order valence-corrected chi connectivity index (χ1v) is 6.00. The lowest BCUT2D eigenvalue weighted by molar-refractivity contribution is 0.0690. The topological polar surface area (TPSA) is 40.5 Å². The van der Waals surface area contributed by atoms with E-state index in [2.05, 4.69) is 0 Å². The Morgan fingerprint density at radius 3 is 2.56 bits per heavy atom. The number of aromatic carboxylic acids is 1. The van der Waals surface area contributed by atoms with E-state index in [-0.39, 0.29) is 5.69 Å². The van der Waals surface area contributed by atoms with Crippen molar-refractivity contribution in [3.63, 3.8) is 0 Å². The lowest BCUT2D eigenvalue weighted by Gasteiger charge is -2.23. The van der Waals surface area contributed by atoms with Crippen molar-refractivity contribution in [2.75, 3.05) is 18.0 Å². The van der Waals surface area contributed by atoms with E-state index in [1.165, 1.54) is 6.07 Å². The van der Waals surface area contributed by atoms with Crippen LogP contribution in [0.4, 0.5) is 14.5 Å². The molecule has 1 aromatic carbocycles. The highest BCUT2D eigenvalue weighted by atomic mass is 19.2. The van der Waals surface area contributed by atoms with Crippen LogP contribution in [0.15, 0.2) is 12.1 Å². The van der Waals surface area contributed by atoms with Crippen LogP contribution in [0.1, 0.15) is 30.1 Å². The Bertz CT molecular complexity index is 472. The normalized spacial score (nSPS) is 14.6. The number of halogens is 2. The molecule has 0 spiro atoms. The molecule has 2 rings (SSSR count). The summed E-state index contributed by atoms with van der Waals surface area (Å²) in [5.74, 6) is -3.26. The van der Waals surface area contributed by atoms with Crippen LogP contribution in [0.5, 0.6) is 0 Å². The third-order valence-electron chi connectivity index (χ3n) is 3.19.